The van der Waals surface area contributed by atoms with Crippen molar-refractivity contribution < 1.29 is 9.66 Å². The van der Waals surface area contributed by atoms with Crippen LogP contribution < -0.4 is 4.74 Å². The van der Waals surface area contributed by atoms with Gasteiger partial charge in [0.25, 0.3) is 0 Å². The summed E-state index contributed by atoms with van der Waals surface area (Å²) in [4.78, 5) is 10.8. The van der Waals surface area contributed by atoms with Gasteiger partial charge in [0.1, 0.15) is 5.75 Å². The third-order valence-electron chi connectivity index (χ3n) is 4.16. The molecule has 1 aromatic rings. The Morgan fingerprint density at radius 1 is 1.39 bits per heavy atom. The molecule has 0 aliphatic heterocycles. The van der Waals surface area contributed by atoms with Crippen molar-refractivity contribution in [3.05, 3.63) is 44.0 Å². The molecule has 0 bridgehead atoms. The highest BCUT2D eigenvalue weighted by atomic mass is 79.9. The standard InChI is InChI=1S/C18H24BrNO3/c1-2-3-7-15(20(21)22)12-14-10-11-18(17(19)13-14)23-16-8-5-4-6-9-16/h10-13,16H,2-9H2,1H3/b15-12+. The molecular weight excluding hydrogens is 358 g/mol. The summed E-state index contributed by atoms with van der Waals surface area (Å²) in [5, 5.41) is 11.1. The van der Waals surface area contributed by atoms with Gasteiger partial charge < -0.3 is 4.74 Å². The van der Waals surface area contributed by atoms with Crippen molar-refractivity contribution in [3.8, 4) is 5.75 Å². The first-order chi connectivity index (χ1) is 11.1. The highest BCUT2D eigenvalue weighted by Crippen LogP contribution is 2.31. The Morgan fingerprint density at radius 2 is 2.13 bits per heavy atom. The molecule has 2 rings (SSSR count). The van der Waals surface area contributed by atoms with Gasteiger partial charge >= 0.3 is 0 Å². The van der Waals surface area contributed by atoms with E-state index in [1.54, 1.807) is 6.08 Å². The molecule has 0 heterocycles. The second kappa shape index (κ2) is 9.06. The van der Waals surface area contributed by atoms with Crippen LogP contribution in [0.4, 0.5) is 0 Å². The van der Waals surface area contributed by atoms with Crippen molar-refractivity contribution in [2.45, 2.75) is 64.4 Å². The van der Waals surface area contributed by atoms with Gasteiger partial charge in [-0.1, -0.05) is 25.8 Å². The van der Waals surface area contributed by atoms with E-state index in [-0.39, 0.29) is 10.6 Å². The van der Waals surface area contributed by atoms with Gasteiger partial charge in [-0.05, 0) is 65.7 Å². The highest BCUT2D eigenvalue weighted by Gasteiger charge is 2.16. The number of rotatable bonds is 7. The quantitative estimate of drug-likeness (QED) is 0.431. The predicted octanol–water partition coefficient (Wildman–Crippen LogP) is 5.97. The van der Waals surface area contributed by atoms with Gasteiger partial charge in [0.05, 0.1) is 15.5 Å². The lowest BCUT2D eigenvalue weighted by molar-refractivity contribution is -0.426. The maximum absolute atomic E-state index is 11.1. The van der Waals surface area contributed by atoms with Crippen LogP contribution in [-0.4, -0.2) is 11.0 Å². The van der Waals surface area contributed by atoms with Gasteiger partial charge in [0, 0.05) is 12.5 Å². The van der Waals surface area contributed by atoms with Crippen molar-refractivity contribution in [3.63, 3.8) is 0 Å². The fourth-order valence-corrected chi connectivity index (χ4v) is 3.32. The van der Waals surface area contributed by atoms with E-state index in [9.17, 15) is 10.1 Å². The molecule has 1 fully saturated rings. The second-order valence-corrected chi connectivity index (χ2v) is 6.92. The minimum absolute atomic E-state index is 0.264. The number of ether oxygens (including phenoxy) is 1. The molecule has 0 atom stereocenters. The van der Waals surface area contributed by atoms with Crippen LogP contribution in [0, 0.1) is 10.1 Å². The zero-order chi connectivity index (χ0) is 16.7. The molecule has 0 saturated heterocycles. The van der Waals surface area contributed by atoms with E-state index in [4.69, 9.17) is 4.74 Å². The summed E-state index contributed by atoms with van der Waals surface area (Å²) in [5.41, 5.74) is 1.09. The van der Waals surface area contributed by atoms with Crippen LogP contribution in [0.3, 0.4) is 0 Å². The first-order valence-electron chi connectivity index (χ1n) is 8.41. The van der Waals surface area contributed by atoms with Crippen molar-refractivity contribution in [2.75, 3.05) is 0 Å². The van der Waals surface area contributed by atoms with Gasteiger partial charge in [0.2, 0.25) is 5.70 Å². The molecule has 0 amide bonds. The maximum Gasteiger partial charge on any atom is 0.246 e. The van der Waals surface area contributed by atoms with Crippen LogP contribution in [0.1, 0.15) is 63.9 Å². The molecule has 126 valence electrons. The van der Waals surface area contributed by atoms with Gasteiger partial charge in [-0.2, -0.15) is 0 Å². The lowest BCUT2D eigenvalue weighted by Crippen LogP contribution is -2.19. The van der Waals surface area contributed by atoms with Gasteiger partial charge in [-0.25, -0.2) is 0 Å². The number of halogens is 1. The van der Waals surface area contributed by atoms with E-state index in [1.807, 2.05) is 25.1 Å². The van der Waals surface area contributed by atoms with E-state index >= 15 is 0 Å². The van der Waals surface area contributed by atoms with Gasteiger partial charge in [-0.3, -0.25) is 10.1 Å². The monoisotopic (exact) mass is 381 g/mol. The average Bonchev–Trinajstić information content (AvgIpc) is 2.54. The summed E-state index contributed by atoms with van der Waals surface area (Å²) >= 11 is 3.53. The second-order valence-electron chi connectivity index (χ2n) is 6.06. The zero-order valence-corrected chi connectivity index (χ0v) is 15.2. The zero-order valence-electron chi connectivity index (χ0n) is 13.6. The number of hydrogen-bond donors (Lipinski definition) is 0. The highest BCUT2D eigenvalue weighted by molar-refractivity contribution is 9.10. The predicted molar refractivity (Wildman–Crippen MR) is 96.1 cm³/mol. The molecule has 4 nitrogen and oxygen atoms in total. The molecular formula is C18H24BrNO3. The minimum atomic E-state index is -0.282. The Balaban J connectivity index is 2.09. The van der Waals surface area contributed by atoms with Crippen LogP contribution in [-0.2, 0) is 0 Å². The minimum Gasteiger partial charge on any atom is -0.489 e. The van der Waals surface area contributed by atoms with Gasteiger partial charge in [0.15, 0.2) is 0 Å². The number of nitrogens with zero attached hydrogens (tertiary/aromatic N) is 1. The number of benzene rings is 1. The molecule has 1 aliphatic rings. The van der Waals surface area contributed by atoms with E-state index < -0.39 is 0 Å². The van der Waals surface area contributed by atoms with Crippen molar-refractivity contribution in [1.82, 2.24) is 0 Å². The first-order valence-corrected chi connectivity index (χ1v) is 9.20. The van der Waals surface area contributed by atoms with Crippen LogP contribution in [0.15, 0.2) is 28.4 Å². The Bertz CT molecular complexity index is 565. The average molecular weight is 382 g/mol. The molecule has 1 aromatic carbocycles. The molecule has 0 radical (unpaired) electrons. The van der Waals surface area contributed by atoms with E-state index in [0.29, 0.717) is 12.5 Å². The molecule has 0 unspecified atom stereocenters. The summed E-state index contributed by atoms with van der Waals surface area (Å²) in [6.07, 6.45) is 10.2. The summed E-state index contributed by atoms with van der Waals surface area (Å²) in [7, 11) is 0. The SMILES string of the molecule is CCCC/C(=C\c1ccc(OC2CCCCC2)c(Br)c1)[N+](=O)[O-]. The molecule has 0 aromatic heterocycles. The van der Waals surface area contributed by atoms with Crippen molar-refractivity contribution >= 4 is 22.0 Å². The number of nitro groups is 1. The van der Waals surface area contributed by atoms with E-state index in [1.165, 1.54) is 19.3 Å². The summed E-state index contributed by atoms with van der Waals surface area (Å²) in [6.45, 7) is 2.03. The van der Waals surface area contributed by atoms with Crippen molar-refractivity contribution in [2.24, 2.45) is 0 Å². The summed E-state index contributed by atoms with van der Waals surface area (Å²) in [5.74, 6) is 0.824. The van der Waals surface area contributed by atoms with Crippen LogP contribution in [0.2, 0.25) is 0 Å². The van der Waals surface area contributed by atoms with Crippen LogP contribution >= 0.6 is 15.9 Å². The molecule has 23 heavy (non-hydrogen) atoms. The molecule has 0 N–H and O–H groups in total. The lowest BCUT2D eigenvalue weighted by atomic mass is 9.98. The Hall–Kier alpha value is -1.36. The van der Waals surface area contributed by atoms with E-state index in [2.05, 4.69) is 15.9 Å². The summed E-state index contributed by atoms with van der Waals surface area (Å²) < 4.78 is 6.91. The fraction of sp³-hybridized carbons (Fsp3) is 0.556. The topological polar surface area (TPSA) is 52.4 Å². The molecule has 1 saturated carbocycles. The maximum atomic E-state index is 11.1. The Morgan fingerprint density at radius 3 is 2.74 bits per heavy atom. The van der Waals surface area contributed by atoms with Gasteiger partial charge in [-0.15, -0.1) is 0 Å². The number of hydrogen-bond acceptors (Lipinski definition) is 3. The third-order valence-corrected chi connectivity index (χ3v) is 4.78. The van der Waals surface area contributed by atoms with E-state index in [0.717, 1.165) is 41.5 Å². The lowest BCUT2D eigenvalue weighted by Gasteiger charge is -2.23. The smallest absolute Gasteiger partial charge is 0.246 e. The Labute approximate surface area is 146 Å². The molecule has 5 heteroatoms. The Kier molecular flexibility index (Phi) is 7.09. The van der Waals surface area contributed by atoms with Crippen molar-refractivity contribution in [1.29, 1.82) is 0 Å². The molecule has 1 aliphatic carbocycles. The number of unbranched alkanes of at least 4 members (excludes halogenated alkanes) is 1. The molecule has 0 spiro atoms. The third kappa shape index (κ3) is 5.65. The van der Waals surface area contributed by atoms with Crippen LogP contribution in [0.5, 0.6) is 5.75 Å². The van der Waals surface area contributed by atoms with Crippen LogP contribution in [0.25, 0.3) is 6.08 Å². The first kappa shape index (κ1) is 18.0. The summed E-state index contributed by atoms with van der Waals surface area (Å²) in [6, 6.07) is 5.69. The normalized spacial score (nSPS) is 16.3. The largest absolute Gasteiger partial charge is 0.489 e. The fourth-order valence-electron chi connectivity index (χ4n) is 2.83. The number of allylic oxidation sites excluding steroid dienone is 1.